The maximum Gasteiger partial charge on any atom is 1.00 e. The molecule has 0 spiro atoms. The summed E-state index contributed by atoms with van der Waals surface area (Å²) in [6.45, 7) is -0.370. The van der Waals surface area contributed by atoms with Crippen LogP contribution in [0.25, 0.3) is 0 Å². The molecule has 2 unspecified atom stereocenters. The number of rotatable bonds is 4. The molecular weight excluding hydrogens is 256 g/mol. The van der Waals surface area contributed by atoms with Crippen LogP contribution >= 0.6 is 18.2 Å². The van der Waals surface area contributed by atoms with E-state index in [9.17, 15) is 9.46 Å². The molecule has 0 aromatic carbocycles. The molecule has 7 nitrogen and oxygen atoms in total. The summed E-state index contributed by atoms with van der Waals surface area (Å²) in [7, 11) is 0. The molecule has 0 bridgehead atoms. The number of hydrogen-bond donors (Lipinski definition) is 2. The van der Waals surface area contributed by atoms with Crippen LogP contribution in [0.3, 0.4) is 0 Å². The Hall–Kier alpha value is 1.34. The van der Waals surface area contributed by atoms with E-state index < -0.39 is 6.80 Å². The summed E-state index contributed by atoms with van der Waals surface area (Å²) in [6, 6.07) is -0.186. The van der Waals surface area contributed by atoms with Crippen LogP contribution in [-0.2, 0) is 4.57 Å². The van der Waals surface area contributed by atoms with Crippen LogP contribution in [0.15, 0.2) is 0 Å². The Morgan fingerprint density at radius 2 is 1.73 bits per heavy atom. The van der Waals surface area contributed by atoms with Crippen LogP contribution in [-0.4, -0.2) is 33.1 Å². The van der Waals surface area contributed by atoms with Crippen molar-refractivity contribution in [3.63, 3.8) is 0 Å². The standard InChI is InChI=1S/C5H14NO3PS.Na.3H2O/c1-4(2)5(6)3-11-10(7,8)9;;;;/h4-5H,3,6H2,1-2H3,(H2,7,8,9);;3*1H2/q;+1;;;/p-1. The first-order valence-electron chi connectivity index (χ1n) is 3.27. The fraction of sp³-hybridized carbons (Fsp3) is 1.00. The largest absolute Gasteiger partial charge is 1.00 e. The summed E-state index contributed by atoms with van der Waals surface area (Å²) in [6.07, 6.45) is 0. The number of hydrogen-bond acceptors (Lipinski definition) is 4. The smallest absolute Gasteiger partial charge is 0.770 e. The molecule has 0 aliphatic heterocycles. The van der Waals surface area contributed by atoms with E-state index in [1.807, 2.05) is 13.8 Å². The average molecular weight is 275 g/mol. The van der Waals surface area contributed by atoms with Gasteiger partial charge in [-0.1, -0.05) is 25.2 Å². The molecule has 15 heavy (non-hydrogen) atoms. The van der Waals surface area contributed by atoms with Crippen molar-refractivity contribution in [2.24, 2.45) is 11.7 Å². The summed E-state index contributed by atoms with van der Waals surface area (Å²) in [5, 5.41) is 0. The molecule has 0 saturated carbocycles. The quantitative estimate of drug-likeness (QED) is 0.383. The fourth-order valence-corrected chi connectivity index (χ4v) is 2.20. The van der Waals surface area contributed by atoms with Gasteiger partial charge in [0.25, 0.3) is 0 Å². The molecule has 0 amide bonds. The van der Waals surface area contributed by atoms with Crippen LogP contribution in [0, 0.1) is 5.92 Å². The third-order valence-electron chi connectivity index (χ3n) is 1.29. The molecular formula is C5H19NNaO6PS. The minimum Gasteiger partial charge on any atom is -0.770 e. The second kappa shape index (κ2) is 13.4. The summed E-state index contributed by atoms with van der Waals surface area (Å²) in [5.74, 6) is 0.476. The number of nitrogens with two attached hydrogens (primary N) is 1. The van der Waals surface area contributed by atoms with Gasteiger partial charge in [0.05, 0.1) is 0 Å². The SMILES string of the molecule is CC(C)C(N)CSP(=O)([O-])O.O.O.O.[Na+]. The summed E-state index contributed by atoms with van der Waals surface area (Å²) in [4.78, 5) is 18.6. The molecule has 0 aliphatic rings. The van der Waals surface area contributed by atoms with Gasteiger partial charge in [-0.25, -0.2) is 0 Å². The summed E-state index contributed by atoms with van der Waals surface area (Å²) < 4.78 is 10.2. The summed E-state index contributed by atoms with van der Waals surface area (Å²) >= 11 is 0.501. The topological polar surface area (TPSA) is 181 Å². The van der Waals surface area contributed by atoms with Gasteiger partial charge in [0.2, 0.25) is 0 Å². The Kier molecular flexibility index (Phi) is 26.7. The van der Waals surface area contributed by atoms with Crippen LogP contribution in [0.5, 0.6) is 0 Å². The molecule has 0 aromatic rings. The van der Waals surface area contributed by atoms with Crippen molar-refractivity contribution >= 4 is 18.2 Å². The normalized spacial score (nSPS) is 14.5. The molecule has 2 atom stereocenters. The van der Waals surface area contributed by atoms with Crippen LogP contribution in [0.2, 0.25) is 0 Å². The van der Waals surface area contributed by atoms with E-state index in [2.05, 4.69) is 0 Å². The third kappa shape index (κ3) is 21.2. The maximum absolute atomic E-state index is 10.2. The Balaban J connectivity index is -0.0000000833. The van der Waals surface area contributed by atoms with Gasteiger partial charge in [0.15, 0.2) is 6.80 Å². The maximum atomic E-state index is 10.2. The first kappa shape index (κ1) is 29.9. The van der Waals surface area contributed by atoms with Gasteiger partial charge in [-0.05, 0) is 5.92 Å². The van der Waals surface area contributed by atoms with Crippen molar-refractivity contribution in [1.29, 1.82) is 0 Å². The van der Waals surface area contributed by atoms with Gasteiger partial charge in [-0.2, -0.15) is 0 Å². The Bertz CT molecular complexity index is 168. The van der Waals surface area contributed by atoms with Crippen LogP contribution in [0.1, 0.15) is 13.8 Å². The van der Waals surface area contributed by atoms with E-state index in [4.69, 9.17) is 10.6 Å². The molecule has 0 saturated heterocycles. The zero-order valence-corrected chi connectivity index (χ0v) is 12.8. The molecule has 0 aliphatic carbocycles. The van der Waals surface area contributed by atoms with Crippen molar-refractivity contribution in [3.8, 4) is 0 Å². The molecule has 9 N–H and O–H groups in total. The van der Waals surface area contributed by atoms with Gasteiger partial charge < -0.3 is 31.9 Å². The third-order valence-corrected chi connectivity index (χ3v) is 3.57. The first-order chi connectivity index (χ1) is 4.83. The van der Waals surface area contributed by atoms with Gasteiger partial charge >= 0.3 is 29.6 Å². The van der Waals surface area contributed by atoms with E-state index >= 15 is 0 Å². The first-order valence-corrected chi connectivity index (χ1v) is 6.43. The van der Waals surface area contributed by atoms with E-state index in [1.165, 1.54) is 0 Å². The van der Waals surface area contributed by atoms with Crippen molar-refractivity contribution < 1.29 is 60.3 Å². The molecule has 0 aromatic heterocycles. The van der Waals surface area contributed by atoms with E-state index in [0.717, 1.165) is 0 Å². The zero-order valence-electron chi connectivity index (χ0n) is 9.06. The second-order valence-electron chi connectivity index (χ2n) is 2.67. The second-order valence-corrected chi connectivity index (χ2v) is 6.36. The van der Waals surface area contributed by atoms with Crippen molar-refractivity contribution in [2.45, 2.75) is 19.9 Å². The van der Waals surface area contributed by atoms with E-state index in [-0.39, 0.29) is 63.7 Å². The molecule has 92 valence electrons. The Morgan fingerprint density at radius 3 is 1.93 bits per heavy atom. The fourth-order valence-electron chi connectivity index (χ4n) is 0.373. The van der Waals surface area contributed by atoms with Crippen LogP contribution < -0.4 is 40.2 Å². The Morgan fingerprint density at radius 1 is 1.40 bits per heavy atom. The van der Waals surface area contributed by atoms with Gasteiger partial charge in [0, 0.05) is 11.8 Å². The van der Waals surface area contributed by atoms with Gasteiger partial charge in [-0.15, -0.1) is 0 Å². The van der Waals surface area contributed by atoms with E-state index in [0.29, 0.717) is 11.4 Å². The van der Waals surface area contributed by atoms with Crippen LogP contribution in [0.4, 0.5) is 0 Å². The minimum absolute atomic E-state index is 0. The van der Waals surface area contributed by atoms with Crippen molar-refractivity contribution in [2.75, 3.05) is 5.75 Å². The molecule has 0 fully saturated rings. The van der Waals surface area contributed by atoms with Crippen molar-refractivity contribution in [3.05, 3.63) is 0 Å². The van der Waals surface area contributed by atoms with Gasteiger partial charge in [0.1, 0.15) is 0 Å². The predicted octanol–water partition coefficient (Wildman–Crippen LogP) is -5.31. The monoisotopic (exact) mass is 275 g/mol. The summed E-state index contributed by atoms with van der Waals surface area (Å²) in [5.41, 5.74) is 5.53. The zero-order chi connectivity index (χ0) is 9.07. The molecule has 10 heteroatoms. The average Bonchev–Trinajstić information content (AvgIpc) is 1.80. The molecule has 0 radical (unpaired) electrons. The minimum atomic E-state index is -4.17. The van der Waals surface area contributed by atoms with E-state index in [1.54, 1.807) is 0 Å². The van der Waals surface area contributed by atoms with Crippen molar-refractivity contribution in [1.82, 2.24) is 0 Å². The molecule has 0 heterocycles. The molecule has 0 rings (SSSR count). The van der Waals surface area contributed by atoms with Gasteiger partial charge in [-0.3, -0.25) is 4.57 Å². The Labute approximate surface area is 115 Å². The predicted molar refractivity (Wildman–Crippen MR) is 55.9 cm³/mol.